The van der Waals surface area contributed by atoms with Crippen LogP contribution in [0.4, 0.5) is 0 Å². The Hall–Kier alpha value is -1.45. The number of hydrogen-bond donors (Lipinski definition) is 1. The molecule has 9 heteroatoms. The number of sulfone groups is 1. The molecule has 2 saturated heterocycles. The Bertz CT molecular complexity index is 658. The van der Waals surface area contributed by atoms with Crippen LogP contribution in [0.5, 0.6) is 0 Å². The van der Waals surface area contributed by atoms with E-state index in [0.29, 0.717) is 13.1 Å². The van der Waals surface area contributed by atoms with Crippen molar-refractivity contribution in [1.29, 1.82) is 0 Å². The Morgan fingerprint density at radius 2 is 1.96 bits per heavy atom. The Morgan fingerprint density at radius 3 is 2.57 bits per heavy atom. The maximum absolute atomic E-state index is 12.1. The first-order chi connectivity index (χ1) is 10.9. The van der Waals surface area contributed by atoms with Crippen molar-refractivity contribution < 1.29 is 13.2 Å². The minimum atomic E-state index is -3.07. The van der Waals surface area contributed by atoms with E-state index in [9.17, 15) is 13.2 Å². The van der Waals surface area contributed by atoms with E-state index >= 15 is 0 Å². The molecule has 2 fully saturated rings. The van der Waals surface area contributed by atoms with Gasteiger partial charge in [-0.1, -0.05) is 0 Å². The van der Waals surface area contributed by atoms with Gasteiger partial charge in [-0.3, -0.25) is 14.6 Å². The van der Waals surface area contributed by atoms with E-state index in [1.54, 1.807) is 31.4 Å². The standard InChI is InChI=1S/C14H23N5O3S/c1-17(2)14(20)8-19-6-5-18(7-13-15-3-4-16-13)11-9-23(21,22)10-12(11)19/h3-4,11-12H,5-10H2,1-2H3,(H,15,16)/t11-,12+/m1/s1. The highest BCUT2D eigenvalue weighted by Crippen LogP contribution is 2.27. The Morgan fingerprint density at radius 1 is 1.30 bits per heavy atom. The average Bonchev–Trinajstić information content (AvgIpc) is 3.07. The Kier molecular flexibility index (Phi) is 4.43. The van der Waals surface area contributed by atoms with Gasteiger partial charge in [0.25, 0.3) is 0 Å². The molecule has 0 radical (unpaired) electrons. The van der Waals surface area contributed by atoms with Crippen molar-refractivity contribution in [3.63, 3.8) is 0 Å². The third kappa shape index (κ3) is 3.56. The van der Waals surface area contributed by atoms with E-state index in [2.05, 4.69) is 14.9 Å². The van der Waals surface area contributed by atoms with Gasteiger partial charge in [-0.15, -0.1) is 0 Å². The van der Waals surface area contributed by atoms with Gasteiger partial charge in [-0.05, 0) is 0 Å². The van der Waals surface area contributed by atoms with Crippen LogP contribution in [-0.4, -0.2) is 96.3 Å². The smallest absolute Gasteiger partial charge is 0.236 e. The summed E-state index contributed by atoms with van der Waals surface area (Å²) < 4.78 is 24.3. The van der Waals surface area contributed by atoms with Crippen LogP contribution in [0, 0.1) is 0 Å². The van der Waals surface area contributed by atoms with Crippen molar-refractivity contribution in [1.82, 2.24) is 24.7 Å². The lowest BCUT2D eigenvalue weighted by atomic mass is 10.0. The SMILES string of the molecule is CN(C)C(=O)CN1CCN(Cc2ncc[nH]2)[C@@H]2CS(=O)(=O)C[C@@H]21. The number of H-pyrrole nitrogens is 1. The summed E-state index contributed by atoms with van der Waals surface area (Å²) in [5, 5.41) is 0. The van der Waals surface area contributed by atoms with Gasteiger partial charge in [0, 0.05) is 51.7 Å². The number of rotatable bonds is 4. The fourth-order valence-corrected chi connectivity index (χ4v) is 5.42. The number of aromatic nitrogens is 2. The predicted molar refractivity (Wildman–Crippen MR) is 85.5 cm³/mol. The maximum Gasteiger partial charge on any atom is 0.236 e. The lowest BCUT2D eigenvalue weighted by Gasteiger charge is -2.43. The fourth-order valence-electron chi connectivity index (χ4n) is 3.38. The topological polar surface area (TPSA) is 89.6 Å². The molecule has 1 N–H and O–H groups in total. The first kappa shape index (κ1) is 16.4. The van der Waals surface area contributed by atoms with Crippen LogP contribution in [-0.2, 0) is 21.2 Å². The summed E-state index contributed by atoms with van der Waals surface area (Å²) in [7, 11) is 0.373. The van der Waals surface area contributed by atoms with Gasteiger partial charge in [0.2, 0.25) is 5.91 Å². The van der Waals surface area contributed by atoms with Gasteiger partial charge in [0.1, 0.15) is 5.82 Å². The minimum absolute atomic E-state index is 0.00697. The molecule has 0 bridgehead atoms. The molecule has 1 aromatic rings. The summed E-state index contributed by atoms with van der Waals surface area (Å²) in [5.41, 5.74) is 0. The predicted octanol–water partition coefficient (Wildman–Crippen LogP) is -1.22. The first-order valence-electron chi connectivity index (χ1n) is 7.72. The molecule has 0 unspecified atom stereocenters. The number of carbonyl (C=O) groups is 1. The number of imidazole rings is 1. The van der Waals surface area contributed by atoms with Crippen molar-refractivity contribution in [2.24, 2.45) is 0 Å². The molecule has 0 spiro atoms. The molecular weight excluding hydrogens is 318 g/mol. The van der Waals surface area contributed by atoms with Gasteiger partial charge in [-0.2, -0.15) is 0 Å². The zero-order chi connectivity index (χ0) is 16.6. The highest BCUT2D eigenvalue weighted by Gasteiger charge is 2.46. The van der Waals surface area contributed by atoms with Crippen LogP contribution in [0.2, 0.25) is 0 Å². The number of hydrogen-bond acceptors (Lipinski definition) is 6. The van der Waals surface area contributed by atoms with Crippen LogP contribution in [0.25, 0.3) is 0 Å². The molecule has 0 aliphatic carbocycles. The van der Waals surface area contributed by atoms with Gasteiger partial charge < -0.3 is 9.88 Å². The van der Waals surface area contributed by atoms with Crippen LogP contribution >= 0.6 is 0 Å². The molecule has 1 amide bonds. The summed E-state index contributed by atoms with van der Waals surface area (Å²) in [5.74, 6) is 1.14. The first-order valence-corrected chi connectivity index (χ1v) is 9.55. The molecule has 2 atom stereocenters. The Labute approximate surface area is 136 Å². The number of nitrogens with zero attached hydrogens (tertiary/aromatic N) is 4. The van der Waals surface area contributed by atoms with Gasteiger partial charge in [-0.25, -0.2) is 13.4 Å². The number of nitrogens with one attached hydrogen (secondary N) is 1. The molecule has 3 rings (SSSR count). The average molecular weight is 341 g/mol. The maximum atomic E-state index is 12.1. The van der Waals surface area contributed by atoms with E-state index in [1.807, 2.05) is 4.90 Å². The van der Waals surface area contributed by atoms with Crippen LogP contribution < -0.4 is 0 Å². The molecule has 2 aliphatic heterocycles. The molecule has 128 valence electrons. The van der Waals surface area contributed by atoms with Gasteiger partial charge in [0.15, 0.2) is 9.84 Å². The molecular formula is C14H23N5O3S. The summed E-state index contributed by atoms with van der Waals surface area (Å²) in [6.07, 6.45) is 3.47. The molecule has 0 aromatic carbocycles. The lowest BCUT2D eigenvalue weighted by Crippen LogP contribution is -2.60. The van der Waals surface area contributed by atoms with Crippen molar-refractivity contribution in [2.75, 3.05) is 45.2 Å². The number of aromatic amines is 1. The number of fused-ring (bicyclic) bond motifs is 1. The summed E-state index contributed by atoms with van der Waals surface area (Å²) in [4.78, 5) is 25.0. The molecule has 8 nitrogen and oxygen atoms in total. The second kappa shape index (κ2) is 6.21. The second-order valence-corrected chi connectivity index (χ2v) is 8.63. The van der Waals surface area contributed by atoms with Crippen molar-refractivity contribution in [3.8, 4) is 0 Å². The number of amides is 1. The van der Waals surface area contributed by atoms with Crippen molar-refractivity contribution in [2.45, 2.75) is 18.6 Å². The minimum Gasteiger partial charge on any atom is -0.348 e. The quantitative estimate of drug-likeness (QED) is 0.738. The summed E-state index contributed by atoms with van der Waals surface area (Å²) in [6, 6.07) is -0.193. The van der Waals surface area contributed by atoms with E-state index < -0.39 is 9.84 Å². The second-order valence-electron chi connectivity index (χ2n) is 6.48. The molecule has 23 heavy (non-hydrogen) atoms. The third-order valence-corrected chi connectivity index (χ3v) is 6.35. The summed E-state index contributed by atoms with van der Waals surface area (Å²) >= 11 is 0. The van der Waals surface area contributed by atoms with Crippen molar-refractivity contribution >= 4 is 15.7 Å². The van der Waals surface area contributed by atoms with E-state index in [-0.39, 0.29) is 36.0 Å². The zero-order valence-corrected chi connectivity index (χ0v) is 14.3. The number of likely N-dealkylation sites (N-methyl/N-ethyl adjacent to an activating group) is 1. The number of carbonyl (C=O) groups excluding carboxylic acids is 1. The van der Waals surface area contributed by atoms with E-state index in [4.69, 9.17) is 0 Å². The molecule has 2 aliphatic rings. The molecule has 3 heterocycles. The van der Waals surface area contributed by atoms with Gasteiger partial charge in [0.05, 0.1) is 24.6 Å². The van der Waals surface area contributed by atoms with Crippen LogP contribution in [0.1, 0.15) is 5.82 Å². The third-order valence-electron chi connectivity index (χ3n) is 4.65. The normalized spacial score (nSPS) is 27.7. The Balaban J connectivity index is 1.76. The monoisotopic (exact) mass is 341 g/mol. The highest BCUT2D eigenvalue weighted by molar-refractivity contribution is 7.91. The molecule has 0 saturated carbocycles. The van der Waals surface area contributed by atoms with Crippen LogP contribution in [0.3, 0.4) is 0 Å². The van der Waals surface area contributed by atoms with Gasteiger partial charge >= 0.3 is 0 Å². The zero-order valence-electron chi connectivity index (χ0n) is 13.5. The summed E-state index contributed by atoms with van der Waals surface area (Å²) in [6.45, 7) is 2.31. The number of piperazine rings is 1. The lowest BCUT2D eigenvalue weighted by molar-refractivity contribution is -0.131. The molecule has 1 aromatic heterocycles. The van der Waals surface area contributed by atoms with Crippen molar-refractivity contribution in [3.05, 3.63) is 18.2 Å². The van der Waals surface area contributed by atoms with Crippen LogP contribution in [0.15, 0.2) is 12.4 Å². The van der Waals surface area contributed by atoms with E-state index in [0.717, 1.165) is 12.4 Å². The highest BCUT2D eigenvalue weighted by atomic mass is 32.2. The fraction of sp³-hybridized carbons (Fsp3) is 0.714. The van der Waals surface area contributed by atoms with E-state index in [1.165, 1.54) is 0 Å². The largest absolute Gasteiger partial charge is 0.348 e.